The average molecular weight is 342 g/mol. The summed E-state index contributed by atoms with van der Waals surface area (Å²) in [6.45, 7) is 6.22. The van der Waals surface area contributed by atoms with Crippen LogP contribution in [-0.4, -0.2) is 18.1 Å². The molecule has 0 N–H and O–H groups in total. The Morgan fingerprint density at radius 3 is 2.50 bits per heavy atom. The Balaban J connectivity index is 2.29. The zero-order chi connectivity index (χ0) is 17.7. The molecule has 0 radical (unpaired) electrons. The molecule has 1 atom stereocenters. The van der Waals surface area contributed by atoms with Crippen LogP contribution in [0.4, 0.5) is 13.2 Å². The third-order valence-corrected chi connectivity index (χ3v) is 5.53. The maximum Gasteiger partial charge on any atom is 0.313 e. The van der Waals surface area contributed by atoms with Crippen molar-refractivity contribution < 1.29 is 17.9 Å². The molecule has 4 heteroatoms. The lowest BCUT2D eigenvalue weighted by molar-refractivity contribution is -0.200. The predicted molar refractivity (Wildman–Crippen MR) is 91.8 cm³/mol. The third-order valence-electron chi connectivity index (χ3n) is 5.53. The van der Waals surface area contributed by atoms with Gasteiger partial charge in [-0.3, -0.25) is 0 Å². The molecule has 0 aromatic rings. The summed E-state index contributed by atoms with van der Waals surface area (Å²) in [5.41, 5.74) is -2.89. The molecule has 0 aliphatic heterocycles. The van der Waals surface area contributed by atoms with E-state index in [0.717, 1.165) is 51.0 Å². The summed E-state index contributed by atoms with van der Waals surface area (Å²) >= 11 is 0. The molecule has 2 aliphatic rings. The van der Waals surface area contributed by atoms with E-state index in [9.17, 15) is 13.2 Å². The summed E-state index contributed by atoms with van der Waals surface area (Å²) in [5, 5.41) is 0. The molecule has 2 aliphatic carbocycles. The number of hydrogen-bond acceptors (Lipinski definition) is 1. The molecular formula is C20H29F3O. The van der Waals surface area contributed by atoms with Crippen molar-refractivity contribution in [1.29, 1.82) is 0 Å². The van der Waals surface area contributed by atoms with Crippen molar-refractivity contribution in [2.45, 2.75) is 76.2 Å². The van der Waals surface area contributed by atoms with E-state index in [1.165, 1.54) is 18.2 Å². The standard InChI is InChI=1S/C20H29F3O/c1-3-5-6-10-16-24-19(14-8-7-9-15-19)18(4-2)13-11-12-17(21)20(18,22)23/h4,11-13H,2-3,5-10,14-16H2,1H3. The Hall–Kier alpha value is -1.03. The highest BCUT2D eigenvalue weighted by molar-refractivity contribution is 5.37. The largest absolute Gasteiger partial charge is 0.374 e. The normalized spacial score (nSPS) is 28.4. The molecule has 24 heavy (non-hydrogen) atoms. The van der Waals surface area contributed by atoms with Gasteiger partial charge < -0.3 is 4.74 Å². The van der Waals surface area contributed by atoms with Gasteiger partial charge in [0.1, 0.15) is 5.41 Å². The molecular weight excluding hydrogens is 313 g/mol. The van der Waals surface area contributed by atoms with Gasteiger partial charge in [0.2, 0.25) is 0 Å². The van der Waals surface area contributed by atoms with Crippen LogP contribution >= 0.6 is 0 Å². The smallest absolute Gasteiger partial charge is 0.313 e. The Morgan fingerprint density at radius 1 is 1.17 bits per heavy atom. The fraction of sp³-hybridized carbons (Fsp3) is 0.700. The molecule has 0 spiro atoms. The molecule has 136 valence electrons. The summed E-state index contributed by atoms with van der Waals surface area (Å²) in [6.07, 6.45) is 12.6. The molecule has 0 heterocycles. The van der Waals surface area contributed by atoms with Crippen LogP contribution in [-0.2, 0) is 4.74 Å². The van der Waals surface area contributed by atoms with Crippen LogP contribution < -0.4 is 0 Å². The summed E-state index contributed by atoms with van der Waals surface area (Å²) in [4.78, 5) is 0. The molecule has 0 aromatic heterocycles. The van der Waals surface area contributed by atoms with E-state index < -0.39 is 22.8 Å². The van der Waals surface area contributed by atoms with Crippen LogP contribution in [0, 0.1) is 5.41 Å². The Kier molecular flexibility index (Phi) is 6.35. The number of rotatable bonds is 8. The lowest BCUT2D eigenvalue weighted by Gasteiger charge is -2.53. The van der Waals surface area contributed by atoms with Gasteiger partial charge in [-0.15, -0.1) is 6.58 Å². The number of hydrogen-bond donors (Lipinski definition) is 0. The van der Waals surface area contributed by atoms with Crippen molar-refractivity contribution >= 4 is 0 Å². The number of allylic oxidation sites excluding steroid dienone is 3. The first-order valence-electron chi connectivity index (χ1n) is 9.16. The van der Waals surface area contributed by atoms with Crippen molar-refractivity contribution in [3.8, 4) is 0 Å². The molecule has 1 unspecified atom stereocenters. The number of unbranched alkanes of at least 4 members (excludes halogenated alkanes) is 3. The topological polar surface area (TPSA) is 9.23 Å². The van der Waals surface area contributed by atoms with Crippen molar-refractivity contribution in [2.75, 3.05) is 6.61 Å². The van der Waals surface area contributed by atoms with Gasteiger partial charge in [0.25, 0.3) is 0 Å². The molecule has 1 fully saturated rings. The van der Waals surface area contributed by atoms with E-state index in [2.05, 4.69) is 13.5 Å². The van der Waals surface area contributed by atoms with Gasteiger partial charge in [-0.1, -0.05) is 63.7 Å². The van der Waals surface area contributed by atoms with Gasteiger partial charge in [-0.25, -0.2) is 4.39 Å². The first kappa shape index (κ1) is 19.3. The summed E-state index contributed by atoms with van der Waals surface area (Å²) in [6, 6.07) is 0. The minimum atomic E-state index is -3.62. The van der Waals surface area contributed by atoms with Crippen molar-refractivity contribution in [1.82, 2.24) is 0 Å². The van der Waals surface area contributed by atoms with E-state index in [4.69, 9.17) is 4.74 Å². The molecule has 2 rings (SSSR count). The summed E-state index contributed by atoms with van der Waals surface area (Å²) < 4.78 is 50.0. The van der Waals surface area contributed by atoms with Crippen LogP contribution in [0.3, 0.4) is 0 Å². The van der Waals surface area contributed by atoms with E-state index in [1.807, 2.05) is 0 Å². The highest BCUT2D eigenvalue weighted by atomic mass is 19.3. The fourth-order valence-corrected chi connectivity index (χ4v) is 4.11. The van der Waals surface area contributed by atoms with Gasteiger partial charge >= 0.3 is 5.92 Å². The molecule has 0 aromatic carbocycles. The molecule has 1 saturated carbocycles. The lowest BCUT2D eigenvalue weighted by Crippen LogP contribution is -2.59. The van der Waals surface area contributed by atoms with Crippen LogP contribution in [0.25, 0.3) is 0 Å². The quantitative estimate of drug-likeness (QED) is 0.360. The second-order valence-corrected chi connectivity index (χ2v) is 6.99. The van der Waals surface area contributed by atoms with Gasteiger partial charge in [0.05, 0.1) is 5.60 Å². The van der Waals surface area contributed by atoms with Crippen LogP contribution in [0.5, 0.6) is 0 Å². The fourth-order valence-electron chi connectivity index (χ4n) is 4.11. The maximum atomic E-state index is 14.9. The summed E-state index contributed by atoms with van der Waals surface area (Å²) in [7, 11) is 0. The predicted octanol–water partition coefficient (Wildman–Crippen LogP) is 6.52. The second-order valence-electron chi connectivity index (χ2n) is 6.99. The zero-order valence-corrected chi connectivity index (χ0v) is 14.6. The van der Waals surface area contributed by atoms with Crippen molar-refractivity contribution in [2.24, 2.45) is 5.41 Å². The minimum Gasteiger partial charge on any atom is -0.374 e. The van der Waals surface area contributed by atoms with E-state index >= 15 is 0 Å². The Morgan fingerprint density at radius 2 is 1.88 bits per heavy atom. The van der Waals surface area contributed by atoms with Gasteiger partial charge in [-0.05, 0) is 25.3 Å². The number of alkyl halides is 2. The number of ether oxygens (including phenoxy) is 1. The third kappa shape index (κ3) is 3.22. The molecule has 0 amide bonds. The zero-order valence-electron chi connectivity index (χ0n) is 14.6. The van der Waals surface area contributed by atoms with Gasteiger partial charge in [-0.2, -0.15) is 8.78 Å². The van der Waals surface area contributed by atoms with E-state index in [-0.39, 0.29) is 0 Å². The van der Waals surface area contributed by atoms with Crippen LogP contribution in [0.1, 0.15) is 64.7 Å². The SMILES string of the molecule is C=CC1(C2(OCCCCCC)CCCCC2)C=CC=C(F)C1(F)F. The van der Waals surface area contributed by atoms with E-state index in [0.29, 0.717) is 19.4 Å². The van der Waals surface area contributed by atoms with Gasteiger partial charge in [0, 0.05) is 6.61 Å². The van der Waals surface area contributed by atoms with Crippen molar-refractivity contribution in [3.05, 3.63) is 36.7 Å². The molecule has 0 bridgehead atoms. The first-order chi connectivity index (χ1) is 11.5. The maximum absolute atomic E-state index is 14.9. The average Bonchev–Trinajstić information content (AvgIpc) is 2.58. The van der Waals surface area contributed by atoms with Crippen LogP contribution in [0.15, 0.2) is 36.7 Å². The van der Waals surface area contributed by atoms with Crippen molar-refractivity contribution in [3.63, 3.8) is 0 Å². The van der Waals surface area contributed by atoms with E-state index in [1.54, 1.807) is 0 Å². The first-order valence-corrected chi connectivity index (χ1v) is 9.16. The monoisotopic (exact) mass is 342 g/mol. The Bertz CT molecular complexity index is 489. The Labute approximate surface area is 143 Å². The second kappa shape index (κ2) is 7.90. The minimum absolute atomic E-state index is 0.435. The lowest BCUT2D eigenvalue weighted by atomic mass is 9.60. The summed E-state index contributed by atoms with van der Waals surface area (Å²) in [5.74, 6) is -5.02. The van der Waals surface area contributed by atoms with Crippen LogP contribution in [0.2, 0.25) is 0 Å². The number of halogens is 3. The molecule has 0 saturated heterocycles. The molecule has 1 nitrogen and oxygen atoms in total. The highest BCUT2D eigenvalue weighted by Crippen LogP contribution is 2.59. The van der Waals surface area contributed by atoms with Gasteiger partial charge in [0.15, 0.2) is 5.83 Å². The highest BCUT2D eigenvalue weighted by Gasteiger charge is 2.66.